The van der Waals surface area contributed by atoms with Gasteiger partial charge in [0, 0.05) is 6.42 Å². The van der Waals surface area contributed by atoms with Crippen molar-refractivity contribution in [1.82, 2.24) is 0 Å². The summed E-state index contributed by atoms with van der Waals surface area (Å²) in [4.78, 5) is 0. The molecule has 0 spiro atoms. The molecule has 0 nitrogen and oxygen atoms in total. The predicted molar refractivity (Wildman–Crippen MR) is 18.8 cm³/mol. The number of hydrogen-bond donors (Lipinski definition) is 0. The van der Waals surface area contributed by atoms with Gasteiger partial charge in [-0.3, -0.25) is 4.70 Å². The Labute approximate surface area is 38.7 Å². The Kier molecular flexibility index (Phi) is 3.98. The molecule has 0 N–H and O–H groups in total. The van der Waals surface area contributed by atoms with Gasteiger partial charge < -0.3 is 0 Å². The van der Waals surface area contributed by atoms with Crippen LogP contribution >= 0.6 is 0 Å². The maximum atomic E-state index is 10.8. The van der Waals surface area contributed by atoms with Crippen molar-refractivity contribution < 1.29 is 17.9 Å². The lowest BCUT2D eigenvalue weighted by atomic mass is 10.5. The highest BCUT2D eigenvalue weighted by Gasteiger charge is 2.22. The highest BCUT2D eigenvalue weighted by Crippen LogP contribution is 2.17. The second-order valence-corrected chi connectivity index (χ2v) is 0.969. The molecule has 7 heavy (non-hydrogen) atoms. The molecule has 0 aromatic carbocycles. The third-order valence-electron chi connectivity index (χ3n) is 0.401. The second kappa shape index (κ2) is 2.82. The van der Waals surface area contributed by atoms with Crippen molar-refractivity contribution in [2.75, 3.05) is 0 Å². The van der Waals surface area contributed by atoms with E-state index in [1.807, 2.05) is 0 Å². The molecule has 0 radical (unpaired) electrons. The molecule has 0 heterocycles. The van der Waals surface area contributed by atoms with Crippen LogP contribution in [-0.4, -0.2) is 6.18 Å². The Bertz CT molecular complexity index is 36.7. The van der Waals surface area contributed by atoms with Gasteiger partial charge in [0.1, 0.15) is 0 Å². The fourth-order valence-corrected chi connectivity index (χ4v) is 0. The van der Waals surface area contributed by atoms with E-state index in [1.165, 1.54) is 0 Å². The Balaban J connectivity index is 0. The summed E-state index contributed by atoms with van der Waals surface area (Å²) >= 11 is 0. The van der Waals surface area contributed by atoms with Crippen molar-refractivity contribution in [3.63, 3.8) is 0 Å². The van der Waals surface area contributed by atoms with Gasteiger partial charge in [-0.05, 0) is 0 Å². The van der Waals surface area contributed by atoms with Gasteiger partial charge in [0.2, 0.25) is 0 Å². The lowest BCUT2D eigenvalue weighted by molar-refractivity contribution is -0.130. The SMILES string of the molecule is CCC(F)(F)F.F. The smallest absolute Gasteiger partial charge is 0.269 e. The van der Waals surface area contributed by atoms with Crippen molar-refractivity contribution >= 4 is 0 Å². The summed E-state index contributed by atoms with van der Waals surface area (Å²) in [7, 11) is 0. The Morgan fingerprint density at radius 3 is 1.43 bits per heavy atom. The fraction of sp³-hybridized carbons (Fsp3) is 1.00. The van der Waals surface area contributed by atoms with Crippen LogP contribution in [0.25, 0.3) is 0 Å². The van der Waals surface area contributed by atoms with Crippen LogP contribution in [-0.2, 0) is 0 Å². The van der Waals surface area contributed by atoms with Crippen molar-refractivity contribution in [1.29, 1.82) is 0 Å². The van der Waals surface area contributed by atoms with Gasteiger partial charge in [-0.1, -0.05) is 6.92 Å². The first-order valence-electron chi connectivity index (χ1n) is 1.63. The Hall–Kier alpha value is -0.280. The maximum Gasteiger partial charge on any atom is 0.388 e. The van der Waals surface area contributed by atoms with Gasteiger partial charge >= 0.3 is 6.18 Å². The van der Waals surface area contributed by atoms with Crippen LogP contribution in [0.5, 0.6) is 0 Å². The van der Waals surface area contributed by atoms with Gasteiger partial charge in [0.15, 0.2) is 0 Å². The van der Waals surface area contributed by atoms with E-state index in [1.54, 1.807) is 0 Å². The largest absolute Gasteiger partial charge is 0.388 e. The molecule has 0 atom stereocenters. The molecule has 0 aliphatic heterocycles. The molecule has 0 saturated carbocycles. The lowest BCUT2D eigenvalue weighted by Crippen LogP contribution is -2.02. The molecule has 0 aromatic heterocycles. The standard InChI is InChI=1S/C3H5F3.FH/c1-2-3(4,5)6;/h2H2,1H3;1H. The normalized spacial score (nSPS) is 10.3. The molecule has 0 fully saturated rings. The molecule has 0 rings (SSSR count). The number of rotatable bonds is 0. The fourth-order valence-electron chi connectivity index (χ4n) is 0. The summed E-state index contributed by atoms with van der Waals surface area (Å²) in [5, 5.41) is 0. The zero-order valence-corrected chi connectivity index (χ0v) is 3.75. The zero-order chi connectivity index (χ0) is 5.21. The quantitative estimate of drug-likeness (QED) is 0.427. The summed E-state index contributed by atoms with van der Waals surface area (Å²) in [5.74, 6) is 0. The van der Waals surface area contributed by atoms with Crippen LogP contribution in [0.3, 0.4) is 0 Å². The van der Waals surface area contributed by atoms with Crippen molar-refractivity contribution in [3.05, 3.63) is 0 Å². The first kappa shape index (κ1) is 9.87. The highest BCUT2D eigenvalue weighted by atomic mass is 19.4. The molecule has 0 unspecified atom stereocenters. The van der Waals surface area contributed by atoms with Gasteiger partial charge in [-0.25, -0.2) is 0 Å². The second-order valence-electron chi connectivity index (χ2n) is 0.969. The minimum atomic E-state index is -3.96. The van der Waals surface area contributed by atoms with E-state index in [9.17, 15) is 13.2 Å². The predicted octanol–water partition coefficient (Wildman–Crippen LogP) is 2.11. The number of halogens is 4. The van der Waals surface area contributed by atoms with Crippen molar-refractivity contribution in [2.45, 2.75) is 19.5 Å². The number of hydrogen-bond acceptors (Lipinski definition) is 0. The van der Waals surface area contributed by atoms with Crippen LogP contribution < -0.4 is 0 Å². The molecule has 0 aromatic rings. The van der Waals surface area contributed by atoms with E-state index in [0.29, 0.717) is 0 Å². The van der Waals surface area contributed by atoms with Crippen LogP contribution in [0.1, 0.15) is 13.3 Å². The van der Waals surface area contributed by atoms with Crippen LogP contribution in [0.4, 0.5) is 17.9 Å². The van der Waals surface area contributed by atoms with Gasteiger partial charge in [0.25, 0.3) is 0 Å². The van der Waals surface area contributed by atoms with E-state index in [0.717, 1.165) is 6.92 Å². The lowest BCUT2D eigenvalue weighted by Gasteiger charge is -1.96. The van der Waals surface area contributed by atoms with Crippen LogP contribution in [0, 0.1) is 0 Å². The van der Waals surface area contributed by atoms with Crippen LogP contribution in [0.2, 0.25) is 0 Å². The monoisotopic (exact) mass is 118 g/mol. The number of alkyl halides is 3. The zero-order valence-electron chi connectivity index (χ0n) is 3.75. The maximum absolute atomic E-state index is 10.8. The first-order chi connectivity index (χ1) is 2.56. The first-order valence-corrected chi connectivity index (χ1v) is 1.63. The van der Waals surface area contributed by atoms with E-state index >= 15 is 0 Å². The Morgan fingerprint density at radius 2 is 1.43 bits per heavy atom. The summed E-state index contributed by atoms with van der Waals surface area (Å²) < 4.78 is 32.4. The minimum Gasteiger partial charge on any atom is -0.269 e. The molecule has 0 amide bonds. The van der Waals surface area contributed by atoms with Gasteiger partial charge in [-0.2, -0.15) is 13.2 Å². The average Bonchev–Trinajstić information content (AvgIpc) is 1.35. The molecular weight excluding hydrogens is 112 g/mol. The Morgan fingerprint density at radius 1 is 1.29 bits per heavy atom. The molecule has 4 heteroatoms. The molecule has 46 valence electrons. The molecular formula is C3H6F4. The molecule has 0 aliphatic carbocycles. The summed E-state index contributed by atoms with van der Waals surface area (Å²) in [6.07, 6.45) is -4.69. The van der Waals surface area contributed by atoms with E-state index in [4.69, 9.17) is 0 Å². The van der Waals surface area contributed by atoms with Crippen LogP contribution in [0.15, 0.2) is 0 Å². The van der Waals surface area contributed by atoms with Crippen molar-refractivity contribution in [3.8, 4) is 0 Å². The summed E-state index contributed by atoms with van der Waals surface area (Å²) in [5.41, 5.74) is 0. The summed E-state index contributed by atoms with van der Waals surface area (Å²) in [6, 6.07) is 0. The molecule has 0 aliphatic rings. The minimum absolute atomic E-state index is 0. The van der Waals surface area contributed by atoms with E-state index < -0.39 is 12.6 Å². The topological polar surface area (TPSA) is 0 Å². The van der Waals surface area contributed by atoms with Gasteiger partial charge in [0.05, 0.1) is 0 Å². The average molecular weight is 118 g/mol. The third-order valence-corrected chi connectivity index (χ3v) is 0.401. The van der Waals surface area contributed by atoms with Gasteiger partial charge in [-0.15, -0.1) is 0 Å². The molecule has 0 saturated heterocycles. The van der Waals surface area contributed by atoms with E-state index in [-0.39, 0.29) is 4.70 Å². The summed E-state index contributed by atoms with van der Waals surface area (Å²) in [6.45, 7) is 1.08. The third kappa shape index (κ3) is 10.7. The van der Waals surface area contributed by atoms with Crippen molar-refractivity contribution in [2.24, 2.45) is 0 Å². The van der Waals surface area contributed by atoms with E-state index in [2.05, 4.69) is 0 Å². The highest BCUT2D eigenvalue weighted by molar-refractivity contribution is 4.39. The molecule has 0 bridgehead atoms.